The van der Waals surface area contributed by atoms with Crippen molar-refractivity contribution in [1.29, 1.82) is 0 Å². The average Bonchev–Trinajstić information content (AvgIpc) is 3.17. The molecule has 1 aliphatic heterocycles. The van der Waals surface area contributed by atoms with E-state index in [1.54, 1.807) is 60.9 Å². The van der Waals surface area contributed by atoms with Gasteiger partial charge >= 0.3 is 0 Å². The molecule has 1 amide bonds. The van der Waals surface area contributed by atoms with Gasteiger partial charge in [-0.05, 0) is 47.5 Å². The quantitative estimate of drug-likeness (QED) is 0.289. The molecule has 3 aromatic rings. The van der Waals surface area contributed by atoms with Crippen molar-refractivity contribution in [3.8, 4) is 23.0 Å². The number of pyridine rings is 1. The highest BCUT2D eigenvalue weighted by molar-refractivity contribution is 6.46. The van der Waals surface area contributed by atoms with Crippen molar-refractivity contribution in [2.75, 3.05) is 28.4 Å². The number of carbonyl (C=O) groups excluding carboxylic acids is 2. The highest BCUT2D eigenvalue weighted by Crippen LogP contribution is 2.46. The van der Waals surface area contributed by atoms with E-state index in [9.17, 15) is 14.7 Å². The van der Waals surface area contributed by atoms with Crippen LogP contribution in [0, 0.1) is 0 Å². The monoisotopic (exact) mass is 490 g/mol. The van der Waals surface area contributed by atoms with Crippen LogP contribution in [0.25, 0.3) is 5.76 Å². The van der Waals surface area contributed by atoms with Gasteiger partial charge in [-0.25, -0.2) is 0 Å². The maximum Gasteiger partial charge on any atom is 0.295 e. The van der Waals surface area contributed by atoms with Gasteiger partial charge in [-0.1, -0.05) is 12.1 Å². The summed E-state index contributed by atoms with van der Waals surface area (Å²) in [7, 11) is 5.94. The summed E-state index contributed by atoms with van der Waals surface area (Å²) in [5.41, 5.74) is 1.55. The van der Waals surface area contributed by atoms with Gasteiger partial charge in [0.2, 0.25) is 5.75 Å². The first-order valence-electron chi connectivity index (χ1n) is 11.0. The van der Waals surface area contributed by atoms with Crippen LogP contribution in [0.1, 0.15) is 22.7 Å². The second kappa shape index (κ2) is 10.4. The molecule has 0 radical (unpaired) electrons. The van der Waals surface area contributed by atoms with Gasteiger partial charge < -0.3 is 29.0 Å². The zero-order valence-corrected chi connectivity index (χ0v) is 20.3. The number of Topliss-reactive ketones (excluding diaryl/α,β-unsaturated/α-hetero) is 1. The van der Waals surface area contributed by atoms with Crippen molar-refractivity contribution >= 4 is 17.4 Å². The maximum absolute atomic E-state index is 13.4. The summed E-state index contributed by atoms with van der Waals surface area (Å²) in [5, 5.41) is 11.3. The molecule has 1 aromatic heterocycles. The zero-order chi connectivity index (χ0) is 25.8. The van der Waals surface area contributed by atoms with Gasteiger partial charge in [0.15, 0.2) is 11.5 Å². The number of amides is 1. The summed E-state index contributed by atoms with van der Waals surface area (Å²) in [4.78, 5) is 32.1. The van der Waals surface area contributed by atoms with Crippen LogP contribution in [-0.2, 0) is 16.1 Å². The molecule has 4 rings (SSSR count). The molecule has 36 heavy (non-hydrogen) atoms. The van der Waals surface area contributed by atoms with Gasteiger partial charge in [-0.15, -0.1) is 0 Å². The third-order valence-electron chi connectivity index (χ3n) is 5.99. The summed E-state index contributed by atoms with van der Waals surface area (Å²) in [5.74, 6) is -0.302. The fourth-order valence-electron chi connectivity index (χ4n) is 4.26. The fraction of sp³-hybridized carbons (Fsp3) is 0.222. The average molecular weight is 491 g/mol. The summed E-state index contributed by atoms with van der Waals surface area (Å²) in [6, 6.07) is 12.6. The minimum absolute atomic E-state index is 0.0587. The lowest BCUT2D eigenvalue weighted by atomic mass is 9.94. The first kappa shape index (κ1) is 24.6. The lowest BCUT2D eigenvalue weighted by molar-refractivity contribution is -0.140. The predicted octanol–water partition coefficient (Wildman–Crippen LogP) is 3.74. The second-order valence-corrected chi connectivity index (χ2v) is 7.97. The number of benzene rings is 2. The Balaban J connectivity index is 1.95. The lowest BCUT2D eigenvalue weighted by Gasteiger charge is -2.26. The van der Waals surface area contributed by atoms with Gasteiger partial charge in [-0.3, -0.25) is 14.6 Å². The van der Waals surface area contributed by atoms with E-state index in [1.807, 2.05) is 0 Å². The highest BCUT2D eigenvalue weighted by atomic mass is 16.5. The number of likely N-dealkylation sites (tertiary alicyclic amines) is 1. The number of aliphatic hydroxyl groups excluding tert-OH is 1. The van der Waals surface area contributed by atoms with Crippen LogP contribution in [0.2, 0.25) is 0 Å². The van der Waals surface area contributed by atoms with E-state index in [4.69, 9.17) is 18.9 Å². The van der Waals surface area contributed by atoms with Crippen molar-refractivity contribution in [2.45, 2.75) is 12.6 Å². The largest absolute Gasteiger partial charge is 0.507 e. The molecule has 0 unspecified atom stereocenters. The van der Waals surface area contributed by atoms with Gasteiger partial charge in [0.25, 0.3) is 11.7 Å². The number of hydrogen-bond donors (Lipinski definition) is 1. The third kappa shape index (κ3) is 4.43. The molecule has 9 heteroatoms. The number of aromatic nitrogens is 1. The first-order chi connectivity index (χ1) is 17.4. The number of ketones is 1. The Hall–Kier alpha value is -4.53. The number of aliphatic hydroxyl groups is 1. The number of methoxy groups -OCH3 is 4. The second-order valence-electron chi connectivity index (χ2n) is 7.97. The fourth-order valence-corrected chi connectivity index (χ4v) is 4.26. The van der Waals surface area contributed by atoms with E-state index in [2.05, 4.69) is 4.98 Å². The smallest absolute Gasteiger partial charge is 0.295 e. The number of hydrogen-bond acceptors (Lipinski definition) is 8. The Labute approximate surface area is 208 Å². The van der Waals surface area contributed by atoms with Gasteiger partial charge in [0, 0.05) is 24.5 Å². The SMILES string of the molecule is COc1cccc(C(O)=C2C(=O)C(=O)N(Cc3ccncc3)[C@H]2c2cc(OC)c(OC)c(OC)c2)c1. The van der Waals surface area contributed by atoms with Crippen LogP contribution in [0.5, 0.6) is 23.0 Å². The summed E-state index contributed by atoms with van der Waals surface area (Å²) >= 11 is 0. The highest BCUT2D eigenvalue weighted by Gasteiger charge is 2.46. The van der Waals surface area contributed by atoms with Crippen LogP contribution in [0.15, 0.2) is 66.5 Å². The van der Waals surface area contributed by atoms with Crippen LogP contribution < -0.4 is 18.9 Å². The molecule has 0 saturated carbocycles. The number of rotatable bonds is 8. The van der Waals surface area contributed by atoms with E-state index in [1.165, 1.54) is 33.3 Å². The molecular weight excluding hydrogens is 464 g/mol. The number of nitrogens with zero attached hydrogens (tertiary/aromatic N) is 2. The molecule has 186 valence electrons. The van der Waals surface area contributed by atoms with Gasteiger partial charge in [0.1, 0.15) is 11.5 Å². The third-order valence-corrected chi connectivity index (χ3v) is 5.99. The van der Waals surface area contributed by atoms with E-state index in [0.717, 1.165) is 5.56 Å². The molecule has 0 aliphatic carbocycles. The van der Waals surface area contributed by atoms with E-state index in [0.29, 0.717) is 34.1 Å². The van der Waals surface area contributed by atoms with Gasteiger partial charge in [-0.2, -0.15) is 0 Å². The molecule has 1 N–H and O–H groups in total. The Morgan fingerprint density at radius 1 is 0.917 bits per heavy atom. The van der Waals surface area contributed by atoms with Crippen LogP contribution in [0.3, 0.4) is 0 Å². The van der Waals surface area contributed by atoms with Crippen molar-refractivity contribution < 1.29 is 33.6 Å². The standard InChI is InChI=1S/C27H26N2O7/c1-33-19-7-5-6-17(12-19)24(30)22-23(18-13-20(34-2)26(36-4)21(14-18)35-3)29(27(32)25(22)31)15-16-8-10-28-11-9-16/h5-14,23,30H,15H2,1-4H3/t23-/m0/s1. The molecule has 1 fully saturated rings. The zero-order valence-electron chi connectivity index (χ0n) is 20.3. The topological polar surface area (TPSA) is 107 Å². The molecule has 0 spiro atoms. The molecule has 9 nitrogen and oxygen atoms in total. The van der Waals surface area contributed by atoms with Crippen molar-refractivity contribution in [2.24, 2.45) is 0 Å². The number of ether oxygens (including phenoxy) is 4. The predicted molar refractivity (Wildman–Crippen MR) is 131 cm³/mol. The van der Waals surface area contributed by atoms with Crippen molar-refractivity contribution in [3.05, 3.63) is 83.2 Å². The van der Waals surface area contributed by atoms with Crippen LogP contribution in [0.4, 0.5) is 0 Å². The van der Waals surface area contributed by atoms with Crippen molar-refractivity contribution in [1.82, 2.24) is 9.88 Å². The molecule has 1 aliphatic rings. The Kier molecular flexibility index (Phi) is 7.10. The van der Waals surface area contributed by atoms with E-state index < -0.39 is 17.7 Å². The Morgan fingerprint density at radius 3 is 2.17 bits per heavy atom. The number of carbonyl (C=O) groups is 2. The Morgan fingerprint density at radius 2 is 1.58 bits per heavy atom. The van der Waals surface area contributed by atoms with Crippen LogP contribution >= 0.6 is 0 Å². The first-order valence-corrected chi connectivity index (χ1v) is 11.0. The molecule has 0 bridgehead atoms. The van der Waals surface area contributed by atoms with Gasteiger partial charge in [0.05, 0.1) is 40.1 Å². The van der Waals surface area contributed by atoms with Crippen molar-refractivity contribution in [3.63, 3.8) is 0 Å². The summed E-state index contributed by atoms with van der Waals surface area (Å²) < 4.78 is 21.7. The molecule has 1 atom stereocenters. The lowest BCUT2D eigenvalue weighted by Crippen LogP contribution is -2.29. The summed E-state index contributed by atoms with van der Waals surface area (Å²) in [6.07, 6.45) is 3.22. The minimum atomic E-state index is -0.932. The normalized spacial score (nSPS) is 16.7. The molecular formula is C27H26N2O7. The molecule has 2 heterocycles. The molecule has 2 aromatic carbocycles. The molecule has 1 saturated heterocycles. The summed E-state index contributed by atoms with van der Waals surface area (Å²) in [6.45, 7) is 0.114. The Bertz CT molecular complexity index is 1300. The minimum Gasteiger partial charge on any atom is -0.507 e. The van der Waals surface area contributed by atoms with E-state index >= 15 is 0 Å². The maximum atomic E-state index is 13.4. The van der Waals surface area contributed by atoms with Crippen LogP contribution in [-0.4, -0.2) is 55.1 Å². The van der Waals surface area contributed by atoms with E-state index in [-0.39, 0.29) is 17.9 Å².